The summed E-state index contributed by atoms with van der Waals surface area (Å²) in [7, 11) is -3.41. The second kappa shape index (κ2) is 5.47. The molecule has 0 amide bonds. The Morgan fingerprint density at radius 2 is 1.75 bits per heavy atom. The van der Waals surface area contributed by atoms with Crippen molar-refractivity contribution in [3.63, 3.8) is 0 Å². The molecule has 0 N–H and O–H groups in total. The van der Waals surface area contributed by atoms with Crippen molar-refractivity contribution in [3.8, 4) is 0 Å². The van der Waals surface area contributed by atoms with Crippen molar-refractivity contribution in [1.82, 2.24) is 4.31 Å². The van der Waals surface area contributed by atoms with Crippen molar-refractivity contribution < 1.29 is 13.2 Å². The monoisotopic (exact) mass is 297 g/mol. The Balaban J connectivity index is 2.42. The number of aryl methyl sites for hydroxylation is 1. The van der Waals surface area contributed by atoms with Crippen LogP contribution in [-0.2, 0) is 20.2 Å². The average molecular weight is 297 g/mol. The number of hydrogen-bond acceptors (Lipinski definition) is 3. The third kappa shape index (κ3) is 3.05. The first-order valence-corrected chi connectivity index (χ1v) is 8.36. The largest absolute Gasteiger partial charge is 0.379 e. The lowest BCUT2D eigenvalue weighted by Gasteiger charge is -2.27. The van der Waals surface area contributed by atoms with Crippen molar-refractivity contribution in [2.24, 2.45) is 0 Å². The van der Waals surface area contributed by atoms with E-state index in [0.717, 1.165) is 11.1 Å². The van der Waals surface area contributed by atoms with Crippen LogP contribution in [0.15, 0.2) is 23.1 Å². The van der Waals surface area contributed by atoms with Gasteiger partial charge in [0, 0.05) is 13.1 Å². The molecule has 1 aliphatic heterocycles. The second-order valence-electron chi connectivity index (χ2n) is 6.24. The number of sulfonamides is 1. The molecule has 1 aromatic carbocycles. The van der Waals surface area contributed by atoms with Gasteiger partial charge >= 0.3 is 0 Å². The summed E-state index contributed by atoms with van der Waals surface area (Å²) >= 11 is 0. The highest BCUT2D eigenvalue weighted by atomic mass is 32.2. The van der Waals surface area contributed by atoms with E-state index in [0.29, 0.717) is 31.2 Å². The maximum absolute atomic E-state index is 12.6. The van der Waals surface area contributed by atoms with Gasteiger partial charge in [0.15, 0.2) is 0 Å². The van der Waals surface area contributed by atoms with Crippen LogP contribution in [0.3, 0.4) is 0 Å². The highest BCUT2D eigenvalue weighted by Crippen LogP contribution is 2.29. The van der Waals surface area contributed by atoms with E-state index in [4.69, 9.17) is 4.74 Å². The Morgan fingerprint density at radius 1 is 1.15 bits per heavy atom. The SMILES string of the molecule is Cc1ccc(S(=O)(=O)N2CCOCC2)cc1C(C)(C)C. The predicted octanol–water partition coefficient (Wildman–Crippen LogP) is 2.31. The summed E-state index contributed by atoms with van der Waals surface area (Å²) in [4.78, 5) is 0.384. The summed E-state index contributed by atoms with van der Waals surface area (Å²) in [6.45, 7) is 10.1. The van der Waals surface area contributed by atoms with Gasteiger partial charge in [0.1, 0.15) is 0 Å². The van der Waals surface area contributed by atoms with E-state index in [-0.39, 0.29) is 5.41 Å². The van der Waals surface area contributed by atoms with Crippen LogP contribution in [0.5, 0.6) is 0 Å². The van der Waals surface area contributed by atoms with Crippen molar-refractivity contribution in [3.05, 3.63) is 29.3 Å². The molecule has 0 unspecified atom stereocenters. The number of morpholine rings is 1. The smallest absolute Gasteiger partial charge is 0.243 e. The normalized spacial score (nSPS) is 18.2. The maximum Gasteiger partial charge on any atom is 0.243 e. The molecule has 1 aromatic rings. The van der Waals surface area contributed by atoms with Gasteiger partial charge in [-0.15, -0.1) is 0 Å². The lowest BCUT2D eigenvalue weighted by Crippen LogP contribution is -2.40. The van der Waals surface area contributed by atoms with Gasteiger partial charge in [0.05, 0.1) is 18.1 Å². The number of hydrogen-bond donors (Lipinski definition) is 0. The Labute approximate surface area is 121 Å². The van der Waals surface area contributed by atoms with Gasteiger partial charge in [-0.3, -0.25) is 0 Å². The van der Waals surface area contributed by atoms with Crippen molar-refractivity contribution in [2.75, 3.05) is 26.3 Å². The molecule has 1 saturated heterocycles. The lowest BCUT2D eigenvalue weighted by atomic mass is 9.84. The topological polar surface area (TPSA) is 46.6 Å². The van der Waals surface area contributed by atoms with E-state index in [1.807, 2.05) is 19.1 Å². The molecule has 20 heavy (non-hydrogen) atoms. The summed E-state index contributed by atoms with van der Waals surface area (Å²) < 4.78 is 32.0. The fraction of sp³-hybridized carbons (Fsp3) is 0.600. The van der Waals surface area contributed by atoms with Gasteiger partial charge in [-0.05, 0) is 35.6 Å². The molecule has 2 rings (SSSR count). The van der Waals surface area contributed by atoms with Crippen molar-refractivity contribution in [2.45, 2.75) is 38.0 Å². The first-order valence-electron chi connectivity index (χ1n) is 6.92. The van der Waals surface area contributed by atoms with Gasteiger partial charge in [-0.25, -0.2) is 8.42 Å². The zero-order valence-electron chi connectivity index (χ0n) is 12.6. The van der Waals surface area contributed by atoms with Crippen LogP contribution < -0.4 is 0 Å². The fourth-order valence-corrected chi connectivity index (χ4v) is 3.94. The van der Waals surface area contributed by atoms with E-state index < -0.39 is 10.0 Å². The molecule has 112 valence electrons. The number of nitrogens with zero attached hydrogens (tertiary/aromatic N) is 1. The Kier molecular flexibility index (Phi) is 4.23. The molecule has 0 atom stereocenters. The third-order valence-corrected chi connectivity index (χ3v) is 5.52. The molecule has 0 bridgehead atoms. The van der Waals surface area contributed by atoms with Crippen LogP contribution in [0.4, 0.5) is 0 Å². The summed E-state index contributed by atoms with van der Waals surface area (Å²) in [6, 6.07) is 5.42. The quantitative estimate of drug-likeness (QED) is 0.841. The second-order valence-corrected chi connectivity index (χ2v) is 8.18. The minimum absolute atomic E-state index is 0.0688. The molecule has 1 fully saturated rings. The molecule has 4 nitrogen and oxygen atoms in total. The summed E-state index contributed by atoms with van der Waals surface area (Å²) in [5.74, 6) is 0. The molecular weight excluding hydrogens is 274 g/mol. The lowest BCUT2D eigenvalue weighted by molar-refractivity contribution is 0.0730. The molecule has 1 aliphatic rings. The minimum Gasteiger partial charge on any atom is -0.379 e. The average Bonchev–Trinajstić information content (AvgIpc) is 2.38. The van der Waals surface area contributed by atoms with E-state index in [2.05, 4.69) is 20.8 Å². The Hall–Kier alpha value is -0.910. The highest BCUT2D eigenvalue weighted by Gasteiger charge is 2.28. The molecule has 0 radical (unpaired) electrons. The summed E-state index contributed by atoms with van der Waals surface area (Å²) in [5, 5.41) is 0. The molecule has 0 saturated carbocycles. The third-order valence-electron chi connectivity index (χ3n) is 3.62. The summed E-state index contributed by atoms with van der Waals surface area (Å²) in [6.07, 6.45) is 0. The van der Waals surface area contributed by atoms with Gasteiger partial charge in [-0.2, -0.15) is 4.31 Å². The standard InChI is InChI=1S/C15H23NO3S/c1-12-5-6-13(11-14(12)15(2,3)4)20(17,18)16-7-9-19-10-8-16/h5-6,11H,7-10H2,1-4H3. The number of rotatable bonds is 2. The van der Waals surface area contributed by atoms with Gasteiger partial charge in [0.25, 0.3) is 0 Å². The van der Waals surface area contributed by atoms with Crippen LogP contribution in [0.25, 0.3) is 0 Å². The summed E-state index contributed by atoms with van der Waals surface area (Å²) in [5.41, 5.74) is 2.13. The number of ether oxygens (including phenoxy) is 1. The zero-order chi connectivity index (χ0) is 15.0. The predicted molar refractivity (Wildman–Crippen MR) is 79.5 cm³/mol. The minimum atomic E-state index is -3.41. The molecular formula is C15H23NO3S. The zero-order valence-corrected chi connectivity index (χ0v) is 13.5. The molecule has 0 aliphatic carbocycles. The van der Waals surface area contributed by atoms with Gasteiger partial charge in [-0.1, -0.05) is 26.8 Å². The van der Waals surface area contributed by atoms with Crippen LogP contribution in [-0.4, -0.2) is 39.0 Å². The van der Waals surface area contributed by atoms with Crippen molar-refractivity contribution in [1.29, 1.82) is 0 Å². The highest BCUT2D eigenvalue weighted by molar-refractivity contribution is 7.89. The van der Waals surface area contributed by atoms with Crippen LogP contribution in [0.1, 0.15) is 31.9 Å². The fourth-order valence-electron chi connectivity index (χ4n) is 2.51. The number of benzene rings is 1. The van der Waals surface area contributed by atoms with E-state index in [1.54, 1.807) is 6.07 Å². The van der Waals surface area contributed by atoms with Gasteiger partial charge in [0.2, 0.25) is 10.0 Å². The molecule has 1 heterocycles. The van der Waals surface area contributed by atoms with Gasteiger partial charge < -0.3 is 4.74 Å². The molecule has 0 aromatic heterocycles. The van der Waals surface area contributed by atoms with Crippen molar-refractivity contribution >= 4 is 10.0 Å². The first kappa shape index (κ1) is 15.5. The van der Waals surface area contributed by atoms with E-state index in [9.17, 15) is 8.42 Å². The van der Waals surface area contributed by atoms with Crippen LogP contribution >= 0.6 is 0 Å². The van der Waals surface area contributed by atoms with Crippen LogP contribution in [0.2, 0.25) is 0 Å². The molecule has 0 spiro atoms. The Bertz CT molecular complexity index is 582. The Morgan fingerprint density at radius 3 is 2.30 bits per heavy atom. The van der Waals surface area contributed by atoms with E-state index in [1.165, 1.54) is 4.31 Å². The molecule has 5 heteroatoms. The van der Waals surface area contributed by atoms with E-state index >= 15 is 0 Å². The van der Waals surface area contributed by atoms with Crippen LogP contribution in [0, 0.1) is 6.92 Å². The first-order chi connectivity index (χ1) is 9.23. The maximum atomic E-state index is 12.6.